The number of hydrogen-bond donors (Lipinski definition) is 2. The molecule has 0 fully saturated rings. The first-order valence-electron chi connectivity index (χ1n) is 4.53. The highest BCUT2D eigenvalue weighted by atomic mass is 19.4. The van der Waals surface area contributed by atoms with Gasteiger partial charge in [-0.2, -0.15) is 13.2 Å². The summed E-state index contributed by atoms with van der Waals surface area (Å²) in [5.41, 5.74) is 4.25. The quantitative estimate of drug-likeness (QED) is 0.775. The average molecular weight is 237 g/mol. The van der Waals surface area contributed by atoms with E-state index in [0.717, 1.165) is 6.07 Å². The van der Waals surface area contributed by atoms with Gasteiger partial charge in [-0.25, -0.2) is 4.39 Å². The van der Waals surface area contributed by atoms with Gasteiger partial charge >= 0.3 is 6.18 Å². The normalized spacial score (nSPS) is 15.9. The molecule has 0 heterocycles. The molecular formula is C10H11F4NO. The Morgan fingerprint density at radius 2 is 1.88 bits per heavy atom. The minimum Gasteiger partial charge on any atom is -0.391 e. The molecule has 0 aliphatic heterocycles. The van der Waals surface area contributed by atoms with Crippen molar-refractivity contribution in [2.75, 3.05) is 0 Å². The van der Waals surface area contributed by atoms with Crippen molar-refractivity contribution in [3.8, 4) is 0 Å². The SMILES string of the molecule is C[C@@H](O)[C@@H](N)c1ccc(C(F)(F)F)c(F)c1. The molecule has 0 aliphatic carbocycles. The Labute approximate surface area is 89.7 Å². The zero-order valence-corrected chi connectivity index (χ0v) is 8.42. The number of aliphatic hydroxyl groups is 1. The molecule has 90 valence electrons. The second-order valence-corrected chi connectivity index (χ2v) is 3.50. The Hall–Kier alpha value is -1.14. The van der Waals surface area contributed by atoms with Crippen LogP contribution in [0.5, 0.6) is 0 Å². The molecule has 2 nitrogen and oxygen atoms in total. The van der Waals surface area contributed by atoms with Crippen LogP contribution < -0.4 is 5.73 Å². The lowest BCUT2D eigenvalue weighted by Gasteiger charge is -2.16. The average Bonchev–Trinajstić information content (AvgIpc) is 2.14. The maximum atomic E-state index is 13.1. The molecule has 0 radical (unpaired) electrons. The lowest BCUT2D eigenvalue weighted by Crippen LogP contribution is -2.23. The molecule has 0 bridgehead atoms. The number of hydrogen-bond acceptors (Lipinski definition) is 2. The van der Waals surface area contributed by atoms with Crippen LogP contribution >= 0.6 is 0 Å². The monoisotopic (exact) mass is 237 g/mol. The van der Waals surface area contributed by atoms with Gasteiger partial charge < -0.3 is 10.8 Å². The van der Waals surface area contributed by atoms with E-state index in [1.54, 1.807) is 0 Å². The third-order valence-corrected chi connectivity index (χ3v) is 2.20. The first kappa shape index (κ1) is 12.9. The largest absolute Gasteiger partial charge is 0.419 e. The molecule has 1 rings (SSSR count). The maximum Gasteiger partial charge on any atom is 0.419 e. The van der Waals surface area contributed by atoms with Crippen molar-refractivity contribution in [1.29, 1.82) is 0 Å². The van der Waals surface area contributed by atoms with Crippen molar-refractivity contribution in [1.82, 2.24) is 0 Å². The number of nitrogens with two attached hydrogens (primary N) is 1. The molecule has 0 saturated heterocycles. The van der Waals surface area contributed by atoms with Gasteiger partial charge in [-0.15, -0.1) is 0 Å². The molecule has 3 N–H and O–H groups in total. The highest BCUT2D eigenvalue weighted by Gasteiger charge is 2.34. The predicted octanol–water partition coefficient (Wildman–Crippen LogP) is 2.23. The van der Waals surface area contributed by atoms with Crippen LogP contribution in [0.2, 0.25) is 0 Å². The summed E-state index contributed by atoms with van der Waals surface area (Å²) in [6, 6.07) is 1.47. The van der Waals surface area contributed by atoms with Gasteiger partial charge in [0.15, 0.2) is 0 Å². The summed E-state index contributed by atoms with van der Waals surface area (Å²) in [5, 5.41) is 9.12. The van der Waals surface area contributed by atoms with E-state index in [1.165, 1.54) is 6.92 Å². The van der Waals surface area contributed by atoms with Gasteiger partial charge in [-0.05, 0) is 24.6 Å². The van der Waals surface area contributed by atoms with Crippen molar-refractivity contribution in [3.63, 3.8) is 0 Å². The highest BCUT2D eigenvalue weighted by Crippen LogP contribution is 2.32. The van der Waals surface area contributed by atoms with Crippen molar-refractivity contribution >= 4 is 0 Å². The molecule has 16 heavy (non-hydrogen) atoms. The zero-order chi connectivity index (χ0) is 12.5. The van der Waals surface area contributed by atoms with Crippen LogP contribution in [-0.2, 0) is 6.18 Å². The topological polar surface area (TPSA) is 46.2 Å². The van der Waals surface area contributed by atoms with E-state index in [9.17, 15) is 17.6 Å². The number of alkyl halides is 3. The Morgan fingerprint density at radius 1 is 1.31 bits per heavy atom. The summed E-state index contributed by atoms with van der Waals surface area (Å²) in [5.74, 6) is -1.39. The molecule has 2 atom stereocenters. The Kier molecular flexibility index (Phi) is 3.54. The lowest BCUT2D eigenvalue weighted by atomic mass is 10.0. The Balaban J connectivity index is 3.09. The Morgan fingerprint density at radius 3 is 2.25 bits per heavy atom. The molecule has 6 heteroatoms. The lowest BCUT2D eigenvalue weighted by molar-refractivity contribution is -0.140. The molecule has 0 amide bonds. The van der Waals surface area contributed by atoms with Crippen molar-refractivity contribution in [2.45, 2.75) is 25.2 Å². The second kappa shape index (κ2) is 4.39. The van der Waals surface area contributed by atoms with E-state index in [2.05, 4.69) is 0 Å². The summed E-state index contributed by atoms with van der Waals surface area (Å²) in [7, 11) is 0. The van der Waals surface area contributed by atoms with Crippen LogP contribution in [0.3, 0.4) is 0 Å². The summed E-state index contributed by atoms with van der Waals surface area (Å²) in [4.78, 5) is 0. The first-order valence-corrected chi connectivity index (χ1v) is 4.53. The third kappa shape index (κ3) is 2.70. The summed E-state index contributed by atoms with van der Waals surface area (Å²) < 4.78 is 49.8. The van der Waals surface area contributed by atoms with Crippen LogP contribution in [0.15, 0.2) is 18.2 Å². The van der Waals surface area contributed by atoms with E-state index in [4.69, 9.17) is 10.8 Å². The van der Waals surface area contributed by atoms with Gasteiger partial charge in [0, 0.05) is 0 Å². The van der Waals surface area contributed by atoms with Crippen LogP contribution in [0, 0.1) is 5.82 Å². The molecule has 0 spiro atoms. The van der Waals surface area contributed by atoms with Crippen LogP contribution in [0.1, 0.15) is 24.1 Å². The summed E-state index contributed by atoms with van der Waals surface area (Å²) in [6.07, 6.45) is -5.69. The smallest absolute Gasteiger partial charge is 0.391 e. The standard InChI is InChI=1S/C10H11F4NO/c1-5(16)9(15)6-2-3-7(8(11)4-6)10(12,13)14/h2-5,9,16H,15H2,1H3/t5-,9-/m1/s1. The number of aliphatic hydroxyl groups excluding tert-OH is 1. The van der Waals surface area contributed by atoms with Crippen LogP contribution in [0.25, 0.3) is 0 Å². The first-order chi connectivity index (χ1) is 7.23. The second-order valence-electron chi connectivity index (χ2n) is 3.50. The van der Waals surface area contributed by atoms with E-state index >= 15 is 0 Å². The summed E-state index contributed by atoms with van der Waals surface area (Å²) >= 11 is 0. The number of rotatable bonds is 2. The molecular weight excluding hydrogens is 226 g/mol. The van der Waals surface area contributed by atoms with E-state index in [0.29, 0.717) is 12.1 Å². The fraction of sp³-hybridized carbons (Fsp3) is 0.400. The third-order valence-electron chi connectivity index (χ3n) is 2.20. The van der Waals surface area contributed by atoms with Gasteiger partial charge in [-0.3, -0.25) is 0 Å². The van der Waals surface area contributed by atoms with Crippen molar-refractivity contribution in [3.05, 3.63) is 35.1 Å². The maximum absolute atomic E-state index is 13.1. The highest BCUT2D eigenvalue weighted by molar-refractivity contribution is 5.28. The fourth-order valence-corrected chi connectivity index (χ4v) is 1.25. The van der Waals surface area contributed by atoms with E-state index in [-0.39, 0.29) is 5.56 Å². The number of halogens is 4. The van der Waals surface area contributed by atoms with Gasteiger partial charge in [0.2, 0.25) is 0 Å². The number of benzene rings is 1. The molecule has 1 aromatic carbocycles. The van der Waals surface area contributed by atoms with Crippen molar-refractivity contribution < 1.29 is 22.7 Å². The van der Waals surface area contributed by atoms with Gasteiger partial charge in [0.1, 0.15) is 5.82 Å². The van der Waals surface area contributed by atoms with Gasteiger partial charge in [-0.1, -0.05) is 6.07 Å². The Bertz CT molecular complexity index is 376. The van der Waals surface area contributed by atoms with Gasteiger partial charge in [0.05, 0.1) is 17.7 Å². The zero-order valence-electron chi connectivity index (χ0n) is 8.42. The minimum absolute atomic E-state index is 0.125. The van der Waals surface area contributed by atoms with Gasteiger partial charge in [0.25, 0.3) is 0 Å². The molecule has 0 aliphatic rings. The minimum atomic E-state index is -4.72. The van der Waals surface area contributed by atoms with E-state index < -0.39 is 29.7 Å². The van der Waals surface area contributed by atoms with Crippen LogP contribution in [0.4, 0.5) is 17.6 Å². The molecule has 0 unspecified atom stereocenters. The van der Waals surface area contributed by atoms with Crippen molar-refractivity contribution in [2.24, 2.45) is 5.73 Å². The van der Waals surface area contributed by atoms with E-state index in [1.807, 2.05) is 0 Å². The molecule has 1 aromatic rings. The molecule has 0 saturated carbocycles. The molecule has 0 aromatic heterocycles. The fourth-order valence-electron chi connectivity index (χ4n) is 1.25. The summed E-state index contributed by atoms with van der Waals surface area (Å²) in [6.45, 7) is 1.38. The van der Waals surface area contributed by atoms with Crippen LogP contribution in [-0.4, -0.2) is 11.2 Å². The predicted molar refractivity (Wildman–Crippen MR) is 50.0 cm³/mol.